The Morgan fingerprint density at radius 3 is 1.93 bits per heavy atom. The fourth-order valence-corrected chi connectivity index (χ4v) is 3.85. The van der Waals surface area contributed by atoms with Gasteiger partial charge in [-0.1, -0.05) is 91.5 Å². The lowest BCUT2D eigenvalue weighted by Crippen LogP contribution is -2.31. The molecule has 0 heterocycles. The van der Waals surface area contributed by atoms with Crippen LogP contribution in [0, 0.1) is 5.92 Å². The zero-order valence-corrected chi connectivity index (χ0v) is 16.3. The van der Waals surface area contributed by atoms with Crippen LogP contribution < -0.4 is 0 Å². The van der Waals surface area contributed by atoms with Gasteiger partial charge in [0.05, 0.1) is 11.6 Å². The van der Waals surface area contributed by atoms with Crippen molar-refractivity contribution in [1.29, 1.82) is 0 Å². The fourth-order valence-electron chi connectivity index (χ4n) is 3.85. The fraction of sp³-hybridized carbons (Fsp3) is 0.0769. The predicted molar refractivity (Wildman–Crippen MR) is 119 cm³/mol. The molecular weight excluding hydrogens is 372 g/mol. The minimum atomic E-state index is -1.00. The van der Waals surface area contributed by atoms with Crippen molar-refractivity contribution in [3.63, 3.8) is 0 Å². The molecule has 0 radical (unpaired) electrons. The second-order valence-electron chi connectivity index (χ2n) is 6.99. The smallest absolute Gasteiger partial charge is 0.180 e. The molecule has 1 aliphatic carbocycles. The van der Waals surface area contributed by atoms with E-state index in [9.17, 15) is 9.59 Å². The molecule has 0 aliphatic heterocycles. The van der Waals surface area contributed by atoms with Crippen molar-refractivity contribution in [2.75, 3.05) is 0 Å². The van der Waals surface area contributed by atoms with Crippen LogP contribution in [0.1, 0.15) is 33.0 Å². The maximum atomic E-state index is 13.9. The molecule has 0 bridgehead atoms. The van der Waals surface area contributed by atoms with E-state index in [1.807, 2.05) is 72.8 Å². The summed E-state index contributed by atoms with van der Waals surface area (Å²) in [6.07, 6.45) is 2.94. The molecule has 0 saturated heterocycles. The summed E-state index contributed by atoms with van der Waals surface area (Å²) in [4.78, 5) is 27.2. The van der Waals surface area contributed by atoms with Crippen molar-refractivity contribution in [1.82, 2.24) is 0 Å². The molecule has 0 amide bonds. The first-order chi connectivity index (χ1) is 14.7. The number of allylic oxidation sites excluding steroid dienone is 1. The average Bonchev–Trinajstić information content (AvgIpc) is 3.07. The summed E-state index contributed by atoms with van der Waals surface area (Å²) in [5, 5.41) is 8.23. The minimum absolute atomic E-state index is 0.207. The SMILES string of the molecule is C=C/C=N/N=C1\c2ccccc2C(=O)C1C(=O)C(c1ccccc1)c1ccccc1. The number of fused-ring (bicyclic) bond motifs is 1. The van der Waals surface area contributed by atoms with Crippen LogP contribution in [0.5, 0.6) is 0 Å². The molecule has 0 saturated carbocycles. The number of hydrogen-bond acceptors (Lipinski definition) is 4. The minimum Gasteiger partial charge on any atom is -0.297 e. The quantitative estimate of drug-likeness (QED) is 0.342. The van der Waals surface area contributed by atoms with Gasteiger partial charge in [0, 0.05) is 17.3 Å². The normalized spacial score (nSPS) is 16.9. The van der Waals surface area contributed by atoms with Gasteiger partial charge in [-0.25, -0.2) is 0 Å². The molecular formula is C26H20N2O2. The number of rotatable bonds is 6. The first-order valence-corrected chi connectivity index (χ1v) is 9.71. The summed E-state index contributed by atoms with van der Waals surface area (Å²) < 4.78 is 0. The highest BCUT2D eigenvalue weighted by Gasteiger charge is 2.44. The highest BCUT2D eigenvalue weighted by atomic mass is 16.2. The van der Waals surface area contributed by atoms with E-state index in [1.54, 1.807) is 12.1 Å². The van der Waals surface area contributed by atoms with Gasteiger partial charge >= 0.3 is 0 Å². The van der Waals surface area contributed by atoms with Crippen LogP contribution in [0.2, 0.25) is 0 Å². The number of carbonyl (C=O) groups excluding carboxylic acids is 2. The molecule has 4 nitrogen and oxygen atoms in total. The third kappa shape index (κ3) is 3.55. The van der Waals surface area contributed by atoms with Crippen LogP contribution in [0.15, 0.2) is 108 Å². The largest absolute Gasteiger partial charge is 0.297 e. The van der Waals surface area contributed by atoms with Crippen LogP contribution in [-0.4, -0.2) is 23.5 Å². The van der Waals surface area contributed by atoms with Gasteiger partial charge in [0.2, 0.25) is 0 Å². The molecule has 0 N–H and O–H groups in total. The van der Waals surface area contributed by atoms with E-state index in [-0.39, 0.29) is 11.6 Å². The van der Waals surface area contributed by atoms with E-state index in [2.05, 4.69) is 16.8 Å². The Balaban J connectivity index is 1.84. The van der Waals surface area contributed by atoms with E-state index in [1.165, 1.54) is 12.3 Å². The summed E-state index contributed by atoms with van der Waals surface area (Å²) in [6.45, 7) is 3.59. The molecule has 4 rings (SSSR count). The Kier molecular flexibility index (Phi) is 5.57. The number of carbonyl (C=O) groups is 2. The van der Waals surface area contributed by atoms with Gasteiger partial charge < -0.3 is 0 Å². The summed E-state index contributed by atoms with van der Waals surface area (Å²) in [5.41, 5.74) is 3.22. The van der Waals surface area contributed by atoms with Crippen molar-refractivity contribution >= 4 is 23.5 Å². The lowest BCUT2D eigenvalue weighted by Gasteiger charge is -2.20. The van der Waals surface area contributed by atoms with Crippen molar-refractivity contribution in [2.24, 2.45) is 16.1 Å². The van der Waals surface area contributed by atoms with Crippen LogP contribution in [0.25, 0.3) is 0 Å². The third-order valence-corrected chi connectivity index (χ3v) is 5.18. The standard InChI is InChI=1S/C26H20N2O2/c1-2-17-27-28-24-20-15-9-10-16-21(20)25(29)23(24)26(30)22(18-11-5-3-6-12-18)19-13-7-4-8-14-19/h2-17,22-23H,1H2/b27-17+,28-24+. The van der Waals surface area contributed by atoms with Crippen molar-refractivity contribution in [2.45, 2.75) is 5.92 Å². The summed E-state index contributed by atoms with van der Waals surface area (Å²) in [5.74, 6) is -2.03. The highest BCUT2D eigenvalue weighted by Crippen LogP contribution is 2.35. The van der Waals surface area contributed by atoms with Gasteiger partial charge in [-0.3, -0.25) is 9.59 Å². The van der Waals surface area contributed by atoms with Crippen LogP contribution in [0.3, 0.4) is 0 Å². The molecule has 3 aromatic carbocycles. The predicted octanol–water partition coefficient (Wildman–Crippen LogP) is 4.86. The molecule has 4 heteroatoms. The first-order valence-electron chi connectivity index (χ1n) is 9.71. The highest BCUT2D eigenvalue weighted by molar-refractivity contribution is 6.38. The molecule has 0 aromatic heterocycles. The third-order valence-electron chi connectivity index (χ3n) is 5.18. The van der Waals surface area contributed by atoms with Gasteiger partial charge in [0.15, 0.2) is 11.6 Å². The molecule has 0 fully saturated rings. The second-order valence-corrected chi connectivity index (χ2v) is 6.99. The van der Waals surface area contributed by atoms with Crippen molar-refractivity contribution < 1.29 is 9.59 Å². The van der Waals surface area contributed by atoms with Gasteiger partial charge in [0.25, 0.3) is 0 Å². The number of benzene rings is 3. The monoisotopic (exact) mass is 392 g/mol. The summed E-state index contributed by atoms with van der Waals surface area (Å²) in [7, 11) is 0. The zero-order chi connectivity index (χ0) is 20.9. The van der Waals surface area contributed by atoms with Crippen LogP contribution in [-0.2, 0) is 4.79 Å². The maximum absolute atomic E-state index is 13.9. The van der Waals surface area contributed by atoms with Gasteiger partial charge in [-0.15, -0.1) is 0 Å². The van der Waals surface area contributed by atoms with E-state index in [0.717, 1.165) is 11.1 Å². The van der Waals surface area contributed by atoms with Crippen molar-refractivity contribution in [3.05, 3.63) is 120 Å². The Hall–Kier alpha value is -3.92. The molecule has 1 atom stereocenters. The molecule has 1 unspecified atom stereocenters. The Morgan fingerprint density at radius 2 is 1.37 bits per heavy atom. The number of Topliss-reactive ketones (excluding diaryl/α,β-unsaturated/α-hetero) is 2. The molecule has 1 aliphatic rings. The van der Waals surface area contributed by atoms with Gasteiger partial charge in [-0.2, -0.15) is 10.2 Å². The van der Waals surface area contributed by atoms with Gasteiger partial charge in [-0.05, 0) is 17.2 Å². The van der Waals surface area contributed by atoms with Crippen molar-refractivity contribution in [3.8, 4) is 0 Å². The first kappa shape index (κ1) is 19.4. The Labute approximate surface area is 175 Å². The maximum Gasteiger partial charge on any atom is 0.180 e. The van der Waals surface area contributed by atoms with E-state index in [0.29, 0.717) is 16.8 Å². The molecule has 30 heavy (non-hydrogen) atoms. The second kappa shape index (κ2) is 8.62. The molecule has 146 valence electrons. The Morgan fingerprint density at radius 1 is 0.833 bits per heavy atom. The van der Waals surface area contributed by atoms with Gasteiger partial charge in [0.1, 0.15) is 5.92 Å². The average molecular weight is 392 g/mol. The lowest BCUT2D eigenvalue weighted by atomic mass is 9.80. The lowest BCUT2D eigenvalue weighted by molar-refractivity contribution is -0.120. The van der Waals surface area contributed by atoms with E-state index in [4.69, 9.17) is 0 Å². The van der Waals surface area contributed by atoms with E-state index < -0.39 is 11.8 Å². The summed E-state index contributed by atoms with van der Waals surface area (Å²) >= 11 is 0. The molecule has 0 spiro atoms. The zero-order valence-electron chi connectivity index (χ0n) is 16.3. The number of nitrogens with zero attached hydrogens (tertiary/aromatic N) is 2. The summed E-state index contributed by atoms with van der Waals surface area (Å²) in [6, 6.07) is 26.2. The Bertz CT molecular complexity index is 1110. The molecule has 3 aromatic rings. The number of hydrogen-bond donors (Lipinski definition) is 0. The van der Waals surface area contributed by atoms with Crippen LogP contribution >= 0.6 is 0 Å². The number of ketones is 2. The van der Waals surface area contributed by atoms with E-state index >= 15 is 0 Å². The topological polar surface area (TPSA) is 58.9 Å². The van der Waals surface area contributed by atoms with Crippen LogP contribution in [0.4, 0.5) is 0 Å².